The maximum atomic E-state index is 12.7. The van der Waals surface area contributed by atoms with E-state index in [0.29, 0.717) is 15.6 Å². The lowest BCUT2D eigenvalue weighted by Gasteiger charge is -2.14. The molecule has 0 aliphatic rings. The van der Waals surface area contributed by atoms with Crippen molar-refractivity contribution in [3.05, 3.63) is 76.1 Å². The SMILES string of the molecule is CC(OC(=O)c1cccc(S(=O)(=O)Nc2cccc(Cl)c2)c1)C(=O)Nc1sccc1C#N. The van der Waals surface area contributed by atoms with E-state index in [9.17, 15) is 18.0 Å². The first-order chi connectivity index (χ1) is 15.2. The molecule has 0 saturated heterocycles. The van der Waals surface area contributed by atoms with E-state index in [1.807, 2.05) is 6.07 Å². The standard InChI is InChI=1S/C21H16ClN3O5S2/c1-13(19(26)24-20-15(12-23)8-9-31-20)30-21(27)14-4-2-7-18(10-14)32(28,29)25-17-6-3-5-16(22)11-17/h2-11,13,25H,1H3,(H,24,26). The molecule has 0 fully saturated rings. The number of carbonyl (C=O) groups is 2. The highest BCUT2D eigenvalue weighted by Crippen LogP contribution is 2.23. The Hall–Kier alpha value is -3.39. The fourth-order valence-corrected chi connectivity index (χ4v) is 4.57. The van der Waals surface area contributed by atoms with Crippen LogP contribution in [0.2, 0.25) is 5.02 Å². The first-order valence-electron chi connectivity index (χ1n) is 9.07. The zero-order valence-corrected chi connectivity index (χ0v) is 18.9. The molecular formula is C21H16ClN3O5S2. The van der Waals surface area contributed by atoms with Crippen molar-refractivity contribution in [3.63, 3.8) is 0 Å². The molecule has 0 aliphatic carbocycles. The third kappa shape index (κ3) is 5.64. The summed E-state index contributed by atoms with van der Waals surface area (Å²) in [7, 11) is -4.00. The van der Waals surface area contributed by atoms with Crippen LogP contribution in [0.4, 0.5) is 10.7 Å². The number of rotatable bonds is 7. The number of benzene rings is 2. The highest BCUT2D eigenvalue weighted by Gasteiger charge is 2.22. The fraction of sp³-hybridized carbons (Fsp3) is 0.0952. The molecule has 1 aromatic heterocycles. The van der Waals surface area contributed by atoms with Gasteiger partial charge in [-0.3, -0.25) is 9.52 Å². The Morgan fingerprint density at radius 1 is 1.16 bits per heavy atom. The minimum absolute atomic E-state index is 0.0487. The van der Waals surface area contributed by atoms with Crippen LogP contribution in [0.3, 0.4) is 0 Å². The summed E-state index contributed by atoms with van der Waals surface area (Å²) in [5.41, 5.74) is 0.514. The van der Waals surface area contributed by atoms with E-state index in [-0.39, 0.29) is 16.1 Å². The average molecular weight is 490 g/mol. The second-order valence-corrected chi connectivity index (χ2v) is 9.49. The minimum atomic E-state index is -4.00. The van der Waals surface area contributed by atoms with Gasteiger partial charge in [0.2, 0.25) is 0 Å². The van der Waals surface area contributed by atoms with Crippen LogP contribution in [0.5, 0.6) is 0 Å². The predicted molar refractivity (Wildman–Crippen MR) is 121 cm³/mol. The van der Waals surface area contributed by atoms with E-state index in [4.69, 9.17) is 21.6 Å². The van der Waals surface area contributed by atoms with E-state index < -0.39 is 28.0 Å². The van der Waals surface area contributed by atoms with Crippen LogP contribution >= 0.6 is 22.9 Å². The second-order valence-electron chi connectivity index (χ2n) is 6.46. The number of nitriles is 1. The molecule has 32 heavy (non-hydrogen) atoms. The molecular weight excluding hydrogens is 474 g/mol. The Morgan fingerprint density at radius 3 is 2.62 bits per heavy atom. The highest BCUT2D eigenvalue weighted by molar-refractivity contribution is 7.92. The van der Waals surface area contributed by atoms with Crippen molar-refractivity contribution in [3.8, 4) is 6.07 Å². The summed E-state index contributed by atoms with van der Waals surface area (Å²) in [5.74, 6) is -1.50. The smallest absolute Gasteiger partial charge is 0.338 e. The summed E-state index contributed by atoms with van der Waals surface area (Å²) >= 11 is 7.04. The molecule has 8 nitrogen and oxygen atoms in total. The molecule has 1 atom stereocenters. The number of carbonyl (C=O) groups excluding carboxylic acids is 2. The second kappa shape index (κ2) is 9.82. The number of nitrogens with one attached hydrogen (secondary N) is 2. The van der Waals surface area contributed by atoms with E-state index >= 15 is 0 Å². The molecule has 0 spiro atoms. The summed E-state index contributed by atoms with van der Waals surface area (Å²) in [6, 6.07) is 14.9. The van der Waals surface area contributed by atoms with Crippen LogP contribution in [-0.4, -0.2) is 26.4 Å². The van der Waals surface area contributed by atoms with Gasteiger partial charge < -0.3 is 10.1 Å². The van der Waals surface area contributed by atoms with Gasteiger partial charge in [0.25, 0.3) is 15.9 Å². The number of thiophene rings is 1. The van der Waals surface area contributed by atoms with Crippen molar-refractivity contribution in [1.29, 1.82) is 5.26 Å². The van der Waals surface area contributed by atoms with Crippen molar-refractivity contribution in [1.82, 2.24) is 0 Å². The normalized spacial score (nSPS) is 11.8. The zero-order valence-electron chi connectivity index (χ0n) is 16.5. The number of halogens is 1. The maximum Gasteiger partial charge on any atom is 0.338 e. The summed E-state index contributed by atoms with van der Waals surface area (Å²) in [6.07, 6.45) is -1.18. The maximum absolute atomic E-state index is 12.7. The molecule has 0 bridgehead atoms. The minimum Gasteiger partial charge on any atom is -0.449 e. The van der Waals surface area contributed by atoms with Gasteiger partial charge in [-0.1, -0.05) is 23.7 Å². The molecule has 1 heterocycles. The van der Waals surface area contributed by atoms with E-state index in [0.717, 1.165) is 17.4 Å². The number of hydrogen-bond donors (Lipinski definition) is 2. The van der Waals surface area contributed by atoms with Crippen LogP contribution in [0.1, 0.15) is 22.8 Å². The first kappa shape index (κ1) is 23.3. The Labute approximate surface area is 193 Å². The van der Waals surface area contributed by atoms with Crippen LogP contribution < -0.4 is 10.0 Å². The van der Waals surface area contributed by atoms with Gasteiger partial charge in [0.15, 0.2) is 6.10 Å². The molecule has 0 radical (unpaired) electrons. The molecule has 1 amide bonds. The van der Waals surface area contributed by atoms with Gasteiger partial charge in [0.05, 0.1) is 21.7 Å². The van der Waals surface area contributed by atoms with Crippen molar-refractivity contribution in [2.45, 2.75) is 17.9 Å². The van der Waals surface area contributed by atoms with Crippen LogP contribution in [0, 0.1) is 11.3 Å². The molecule has 0 aliphatic heterocycles. The monoisotopic (exact) mass is 489 g/mol. The number of sulfonamides is 1. The Kier molecular flexibility index (Phi) is 7.15. The van der Waals surface area contributed by atoms with Gasteiger partial charge in [0, 0.05) is 5.02 Å². The lowest BCUT2D eigenvalue weighted by Crippen LogP contribution is -2.30. The molecule has 164 valence electrons. The summed E-state index contributed by atoms with van der Waals surface area (Å²) in [4.78, 5) is 24.6. The molecule has 1 unspecified atom stereocenters. The van der Waals surface area contributed by atoms with Gasteiger partial charge in [-0.05, 0) is 54.8 Å². The molecule has 3 rings (SSSR count). The van der Waals surface area contributed by atoms with Crippen molar-refractivity contribution >= 4 is 55.5 Å². The molecule has 11 heteroatoms. The summed E-state index contributed by atoms with van der Waals surface area (Å²) < 4.78 is 32.9. The number of nitrogens with zero attached hydrogens (tertiary/aromatic N) is 1. The Morgan fingerprint density at radius 2 is 1.91 bits per heavy atom. The van der Waals surface area contributed by atoms with Crippen molar-refractivity contribution < 1.29 is 22.7 Å². The number of hydrogen-bond acceptors (Lipinski definition) is 7. The van der Waals surface area contributed by atoms with Crippen LogP contribution in [-0.2, 0) is 19.6 Å². The van der Waals surface area contributed by atoms with Crippen molar-refractivity contribution in [2.24, 2.45) is 0 Å². The number of esters is 1. The van der Waals surface area contributed by atoms with E-state index in [2.05, 4.69) is 10.0 Å². The number of anilines is 2. The first-order valence-corrected chi connectivity index (χ1v) is 11.8. The molecule has 2 aromatic carbocycles. The van der Waals surface area contributed by atoms with Crippen LogP contribution in [0.25, 0.3) is 0 Å². The fourth-order valence-electron chi connectivity index (χ4n) is 2.55. The lowest BCUT2D eigenvalue weighted by atomic mass is 10.2. The Balaban J connectivity index is 1.70. The van der Waals surface area contributed by atoms with Crippen LogP contribution in [0.15, 0.2) is 64.9 Å². The lowest BCUT2D eigenvalue weighted by molar-refractivity contribution is -0.123. The highest BCUT2D eigenvalue weighted by atomic mass is 35.5. The van der Waals surface area contributed by atoms with Gasteiger partial charge in [-0.2, -0.15) is 5.26 Å². The zero-order chi connectivity index (χ0) is 23.3. The average Bonchev–Trinajstić information content (AvgIpc) is 3.20. The number of ether oxygens (including phenoxy) is 1. The molecule has 2 N–H and O–H groups in total. The third-order valence-electron chi connectivity index (χ3n) is 4.13. The molecule has 0 saturated carbocycles. The topological polar surface area (TPSA) is 125 Å². The van der Waals surface area contributed by atoms with Gasteiger partial charge in [-0.15, -0.1) is 11.3 Å². The third-order valence-corrected chi connectivity index (χ3v) is 6.58. The van der Waals surface area contributed by atoms with Gasteiger partial charge in [-0.25, -0.2) is 13.2 Å². The largest absolute Gasteiger partial charge is 0.449 e. The Bertz CT molecular complexity index is 1310. The van der Waals surface area contributed by atoms with E-state index in [1.54, 1.807) is 23.6 Å². The number of amides is 1. The van der Waals surface area contributed by atoms with Gasteiger partial charge in [0.1, 0.15) is 11.1 Å². The molecule has 3 aromatic rings. The van der Waals surface area contributed by atoms with Crippen molar-refractivity contribution in [2.75, 3.05) is 10.0 Å². The predicted octanol–water partition coefficient (Wildman–Crippen LogP) is 4.26. The van der Waals surface area contributed by atoms with Gasteiger partial charge >= 0.3 is 5.97 Å². The van der Waals surface area contributed by atoms with E-state index in [1.165, 1.54) is 37.3 Å². The summed E-state index contributed by atoms with van der Waals surface area (Å²) in [5, 5.41) is 13.9. The quantitative estimate of drug-likeness (QED) is 0.477. The summed E-state index contributed by atoms with van der Waals surface area (Å²) in [6.45, 7) is 1.37.